The molecule has 3 aromatic rings. The monoisotopic (exact) mass is 537 g/mol. The van der Waals surface area contributed by atoms with E-state index < -0.39 is 22.1 Å². The Balaban J connectivity index is 1.56. The van der Waals surface area contributed by atoms with Crippen molar-refractivity contribution in [2.75, 3.05) is 11.3 Å². The van der Waals surface area contributed by atoms with Crippen LogP contribution in [-0.2, 0) is 27.7 Å². The van der Waals surface area contributed by atoms with Crippen LogP contribution in [0.2, 0.25) is 0 Å². The Morgan fingerprint density at radius 2 is 1.82 bits per heavy atom. The number of carboxylic acid groups (broad SMARTS) is 1. The molecule has 0 bridgehead atoms. The second-order valence-corrected chi connectivity index (χ2v) is 10.7. The normalized spacial score (nSPS) is 12.4. The number of hydrogen-bond donors (Lipinski definition) is 3. The number of aliphatic carboxylic acids is 1. The molecule has 0 amide bonds. The van der Waals surface area contributed by atoms with Crippen molar-refractivity contribution in [3.63, 3.8) is 0 Å². The zero-order valence-corrected chi connectivity index (χ0v) is 22.4. The molecule has 0 saturated heterocycles. The Morgan fingerprint density at radius 1 is 1.03 bits per heavy atom. The summed E-state index contributed by atoms with van der Waals surface area (Å²) in [4.78, 5) is 11.1. The number of nitrogens with one attached hydrogen (secondary N) is 1. The molecule has 0 radical (unpaired) electrons. The number of aliphatic hydroxyl groups is 1. The highest BCUT2D eigenvalue weighted by atomic mass is 32.2. The van der Waals surface area contributed by atoms with Crippen LogP contribution < -0.4 is 9.46 Å². The second kappa shape index (κ2) is 14.4. The average molecular weight is 538 g/mol. The molecule has 0 saturated carbocycles. The summed E-state index contributed by atoms with van der Waals surface area (Å²) >= 11 is 0. The summed E-state index contributed by atoms with van der Waals surface area (Å²) in [5.74, 6) is -0.255. The zero-order chi connectivity index (χ0) is 27.4. The lowest BCUT2D eigenvalue weighted by atomic mass is 10.1. The summed E-state index contributed by atoms with van der Waals surface area (Å²) in [6, 6.07) is 21.2. The van der Waals surface area contributed by atoms with Crippen molar-refractivity contribution in [1.82, 2.24) is 0 Å². The largest absolute Gasteiger partial charge is 0.493 e. The van der Waals surface area contributed by atoms with Gasteiger partial charge in [0.2, 0.25) is 0 Å². The van der Waals surface area contributed by atoms with Crippen molar-refractivity contribution in [2.24, 2.45) is 0 Å². The third-order valence-electron chi connectivity index (χ3n) is 5.93. The van der Waals surface area contributed by atoms with Crippen LogP contribution in [0.3, 0.4) is 0 Å². The first kappa shape index (κ1) is 28.9. The molecule has 0 fully saturated rings. The first-order valence-corrected chi connectivity index (χ1v) is 14.3. The van der Waals surface area contributed by atoms with Crippen LogP contribution in [0.1, 0.15) is 49.3 Å². The van der Waals surface area contributed by atoms with Gasteiger partial charge < -0.3 is 14.9 Å². The first-order valence-electron chi connectivity index (χ1n) is 12.8. The molecule has 3 rings (SSSR count). The number of anilines is 1. The van der Waals surface area contributed by atoms with Crippen molar-refractivity contribution in [1.29, 1.82) is 0 Å². The van der Waals surface area contributed by atoms with Gasteiger partial charge in [0.1, 0.15) is 5.75 Å². The standard InChI is InChI=1S/C30H35NO6S/c1-2-3-8-23-10-7-13-28(22-23)38(35,36)31-26-12-6-9-24(21-26)15-17-27(32)19-20-37-29-14-5-4-11-25(29)16-18-30(33)34/h4-7,9-15,17,21-22,27,31-32H,2-3,8,16,18-20H2,1H3,(H,33,34)/b17-15+/t27-/m0/s1. The van der Waals surface area contributed by atoms with E-state index >= 15 is 0 Å². The highest BCUT2D eigenvalue weighted by Gasteiger charge is 2.15. The third kappa shape index (κ3) is 9.36. The van der Waals surface area contributed by atoms with Crippen molar-refractivity contribution < 1.29 is 28.2 Å². The van der Waals surface area contributed by atoms with E-state index in [1.807, 2.05) is 30.3 Å². The van der Waals surface area contributed by atoms with Crippen molar-refractivity contribution in [3.8, 4) is 5.75 Å². The lowest BCUT2D eigenvalue weighted by molar-refractivity contribution is -0.136. The van der Waals surface area contributed by atoms with E-state index in [1.165, 1.54) is 0 Å². The van der Waals surface area contributed by atoms with E-state index in [0.29, 0.717) is 24.3 Å². The lowest BCUT2D eigenvalue weighted by Crippen LogP contribution is -2.13. The maximum atomic E-state index is 12.9. The second-order valence-electron chi connectivity index (χ2n) is 9.05. The van der Waals surface area contributed by atoms with Gasteiger partial charge >= 0.3 is 5.97 Å². The summed E-state index contributed by atoms with van der Waals surface area (Å²) in [6.45, 7) is 2.36. The Morgan fingerprint density at radius 3 is 2.61 bits per heavy atom. The summed E-state index contributed by atoms with van der Waals surface area (Å²) < 4.78 is 34.3. The molecule has 1 atom stereocenters. The van der Waals surface area contributed by atoms with Gasteiger partial charge in [-0.25, -0.2) is 8.42 Å². The first-order chi connectivity index (χ1) is 18.3. The number of aryl methyl sites for hydroxylation is 2. The molecule has 8 heteroatoms. The number of rotatable bonds is 15. The van der Waals surface area contributed by atoms with Crippen LogP contribution in [0, 0.1) is 0 Å². The Hall–Kier alpha value is -3.62. The Kier molecular flexibility index (Phi) is 10.9. The van der Waals surface area contributed by atoms with Gasteiger partial charge in [-0.2, -0.15) is 0 Å². The van der Waals surface area contributed by atoms with Gasteiger partial charge in [-0.1, -0.05) is 68.0 Å². The number of aliphatic hydroxyl groups excluding tert-OH is 1. The number of sulfonamides is 1. The van der Waals surface area contributed by atoms with E-state index in [-0.39, 0.29) is 17.9 Å². The third-order valence-corrected chi connectivity index (χ3v) is 7.31. The van der Waals surface area contributed by atoms with Crippen molar-refractivity contribution in [2.45, 2.75) is 56.4 Å². The summed E-state index contributed by atoms with van der Waals surface area (Å²) in [6.07, 6.45) is 6.20. The minimum absolute atomic E-state index is 0.0201. The molecular weight excluding hydrogens is 502 g/mol. The van der Waals surface area contributed by atoms with Gasteiger partial charge in [0.05, 0.1) is 17.6 Å². The van der Waals surface area contributed by atoms with E-state index in [1.54, 1.807) is 54.6 Å². The van der Waals surface area contributed by atoms with Gasteiger partial charge in [0.15, 0.2) is 0 Å². The lowest BCUT2D eigenvalue weighted by Gasteiger charge is -2.12. The van der Waals surface area contributed by atoms with E-state index in [4.69, 9.17) is 9.84 Å². The van der Waals surface area contributed by atoms with Crippen LogP contribution in [0.25, 0.3) is 6.08 Å². The maximum absolute atomic E-state index is 12.9. The quantitative estimate of drug-likeness (QED) is 0.230. The fourth-order valence-corrected chi connectivity index (χ4v) is 4.99. The predicted molar refractivity (Wildman–Crippen MR) is 150 cm³/mol. The van der Waals surface area contributed by atoms with Crippen LogP contribution >= 0.6 is 0 Å². The smallest absolute Gasteiger partial charge is 0.303 e. The highest BCUT2D eigenvalue weighted by molar-refractivity contribution is 7.92. The van der Waals surface area contributed by atoms with E-state index in [2.05, 4.69) is 11.6 Å². The average Bonchev–Trinajstić information content (AvgIpc) is 2.90. The van der Waals surface area contributed by atoms with Gasteiger partial charge in [0, 0.05) is 18.5 Å². The highest BCUT2D eigenvalue weighted by Crippen LogP contribution is 2.21. The molecule has 0 spiro atoms. The number of hydrogen-bond acceptors (Lipinski definition) is 5. The summed E-state index contributed by atoms with van der Waals surface area (Å²) in [7, 11) is -3.73. The van der Waals surface area contributed by atoms with E-state index in [0.717, 1.165) is 36.0 Å². The number of ether oxygens (including phenoxy) is 1. The molecule has 0 heterocycles. The van der Waals surface area contributed by atoms with Crippen LogP contribution in [0.4, 0.5) is 5.69 Å². The van der Waals surface area contributed by atoms with Crippen molar-refractivity contribution >= 4 is 27.8 Å². The van der Waals surface area contributed by atoms with Crippen LogP contribution in [0.15, 0.2) is 83.8 Å². The van der Waals surface area contributed by atoms with Gasteiger partial charge in [-0.3, -0.25) is 9.52 Å². The minimum atomic E-state index is -3.73. The fourth-order valence-electron chi connectivity index (χ4n) is 3.87. The molecule has 0 aliphatic rings. The molecule has 3 N–H and O–H groups in total. The molecule has 7 nitrogen and oxygen atoms in total. The number of carboxylic acids is 1. The maximum Gasteiger partial charge on any atom is 0.303 e. The fraction of sp³-hybridized carbons (Fsp3) is 0.300. The van der Waals surface area contributed by atoms with E-state index in [9.17, 15) is 18.3 Å². The molecular formula is C30H35NO6S. The molecule has 0 aromatic heterocycles. The molecule has 0 aliphatic heterocycles. The molecule has 202 valence electrons. The summed E-state index contributed by atoms with van der Waals surface area (Å²) in [5, 5.41) is 19.3. The molecule has 0 unspecified atom stereocenters. The predicted octanol–water partition coefficient (Wildman–Crippen LogP) is 5.69. The SMILES string of the molecule is CCCCc1cccc(S(=O)(=O)Nc2cccc(/C=C/[C@H](O)CCOc3ccccc3CCC(=O)O)c2)c1. The molecule has 38 heavy (non-hydrogen) atoms. The molecule has 0 aliphatic carbocycles. The Bertz CT molecular complexity index is 1340. The van der Waals surface area contributed by atoms with Crippen LogP contribution in [0.5, 0.6) is 5.75 Å². The minimum Gasteiger partial charge on any atom is -0.493 e. The number of benzene rings is 3. The number of carbonyl (C=O) groups is 1. The summed E-state index contributed by atoms with van der Waals surface area (Å²) in [5.41, 5.74) is 2.97. The topological polar surface area (TPSA) is 113 Å². The number of para-hydroxylation sites is 1. The van der Waals surface area contributed by atoms with Gasteiger partial charge in [-0.05, 0) is 66.3 Å². The Labute approximate surface area is 224 Å². The number of unbranched alkanes of at least 4 members (excludes halogenated alkanes) is 1. The zero-order valence-electron chi connectivity index (χ0n) is 21.5. The van der Waals surface area contributed by atoms with Gasteiger partial charge in [0.25, 0.3) is 10.0 Å². The molecule has 3 aromatic carbocycles. The van der Waals surface area contributed by atoms with Crippen molar-refractivity contribution in [3.05, 3.63) is 95.6 Å². The van der Waals surface area contributed by atoms with Gasteiger partial charge in [-0.15, -0.1) is 0 Å². The van der Waals surface area contributed by atoms with Crippen LogP contribution in [-0.4, -0.2) is 37.3 Å².